The molecule has 0 radical (unpaired) electrons. The third-order valence-corrected chi connectivity index (χ3v) is 3.21. The largest absolute Gasteiger partial charge is 0.204 e. The normalized spacial score (nSPS) is 11.8. The van der Waals surface area contributed by atoms with Crippen molar-refractivity contribution in [2.45, 2.75) is 12.5 Å². The average Bonchev–Trinajstić information content (AvgIpc) is 3.04. The van der Waals surface area contributed by atoms with E-state index < -0.39 is 0 Å². The first kappa shape index (κ1) is 13.0. The van der Waals surface area contributed by atoms with Crippen molar-refractivity contribution in [3.05, 3.63) is 66.2 Å². The van der Waals surface area contributed by atoms with Crippen LogP contribution < -0.4 is 0 Å². The maximum atomic E-state index is 9.04. The van der Waals surface area contributed by atoms with E-state index in [0.717, 1.165) is 11.1 Å². The Morgan fingerprint density at radius 3 is 2.33 bits per heavy atom. The summed E-state index contributed by atoms with van der Waals surface area (Å²) in [5.74, 6) is 0.564. The summed E-state index contributed by atoms with van der Waals surface area (Å²) in [7, 11) is 0. The van der Waals surface area contributed by atoms with Gasteiger partial charge in [-0.2, -0.15) is 10.1 Å². The molecule has 0 spiro atoms. The Bertz CT molecular complexity index is 743. The van der Waals surface area contributed by atoms with Crippen molar-refractivity contribution in [3.63, 3.8) is 0 Å². The highest BCUT2D eigenvalue weighted by molar-refractivity contribution is 5.53. The van der Waals surface area contributed by atoms with E-state index in [2.05, 4.69) is 21.5 Å². The number of rotatable bonds is 4. The number of hydrogen-bond donors (Lipinski definition) is 0. The number of nitriles is 1. The van der Waals surface area contributed by atoms with Gasteiger partial charge in [-0.05, 0) is 10.8 Å². The van der Waals surface area contributed by atoms with Gasteiger partial charge in [0.1, 0.15) is 6.04 Å². The molecule has 0 saturated heterocycles. The van der Waals surface area contributed by atoms with E-state index in [-0.39, 0.29) is 6.04 Å². The van der Waals surface area contributed by atoms with Crippen LogP contribution in [0.25, 0.3) is 11.4 Å². The average molecular weight is 275 g/mol. The molecule has 0 bridgehead atoms. The maximum absolute atomic E-state index is 9.04. The maximum Gasteiger partial charge on any atom is 0.204 e. The van der Waals surface area contributed by atoms with E-state index in [9.17, 15) is 0 Å². The van der Waals surface area contributed by atoms with Crippen LogP contribution in [-0.4, -0.2) is 20.2 Å². The van der Waals surface area contributed by atoms with Gasteiger partial charge in [-0.3, -0.25) is 0 Å². The molecule has 0 fully saturated rings. The highest BCUT2D eigenvalue weighted by atomic mass is 15.6. The second-order valence-electron chi connectivity index (χ2n) is 4.59. The summed E-state index contributed by atoms with van der Waals surface area (Å²) in [6.45, 7) is 0. The van der Waals surface area contributed by atoms with Crippen LogP contribution in [0, 0.1) is 11.3 Å². The van der Waals surface area contributed by atoms with Gasteiger partial charge < -0.3 is 0 Å². The molecule has 0 aliphatic rings. The van der Waals surface area contributed by atoms with Gasteiger partial charge in [0.25, 0.3) is 0 Å². The second-order valence-corrected chi connectivity index (χ2v) is 4.59. The fourth-order valence-corrected chi connectivity index (χ4v) is 2.15. The van der Waals surface area contributed by atoms with E-state index in [1.165, 1.54) is 4.80 Å². The molecule has 1 heterocycles. The molecule has 5 heteroatoms. The molecule has 0 amide bonds. The summed E-state index contributed by atoms with van der Waals surface area (Å²) in [5, 5.41) is 21.7. The molecular weight excluding hydrogens is 262 g/mol. The third-order valence-electron chi connectivity index (χ3n) is 3.21. The standard InChI is InChI=1S/C16H13N5/c17-12-11-15(13-7-3-1-4-8-13)21-19-16(18-20-21)14-9-5-2-6-10-14/h1-10,15H,11H2. The molecule has 21 heavy (non-hydrogen) atoms. The summed E-state index contributed by atoms with van der Waals surface area (Å²) < 4.78 is 0. The van der Waals surface area contributed by atoms with Crippen molar-refractivity contribution >= 4 is 0 Å². The van der Waals surface area contributed by atoms with Crippen molar-refractivity contribution in [2.75, 3.05) is 0 Å². The van der Waals surface area contributed by atoms with E-state index in [0.29, 0.717) is 12.2 Å². The van der Waals surface area contributed by atoms with Gasteiger partial charge in [0.2, 0.25) is 5.82 Å². The summed E-state index contributed by atoms with van der Waals surface area (Å²) in [5.41, 5.74) is 1.91. The zero-order valence-corrected chi connectivity index (χ0v) is 11.3. The monoisotopic (exact) mass is 275 g/mol. The Kier molecular flexibility index (Phi) is 3.70. The van der Waals surface area contributed by atoms with E-state index in [1.54, 1.807) is 0 Å². The van der Waals surface area contributed by atoms with Crippen LogP contribution >= 0.6 is 0 Å². The van der Waals surface area contributed by atoms with Crippen LogP contribution in [0.3, 0.4) is 0 Å². The molecule has 1 unspecified atom stereocenters. The Balaban J connectivity index is 1.95. The van der Waals surface area contributed by atoms with Gasteiger partial charge in [-0.1, -0.05) is 60.7 Å². The minimum absolute atomic E-state index is 0.221. The molecule has 1 atom stereocenters. The topological polar surface area (TPSA) is 67.4 Å². The van der Waals surface area contributed by atoms with E-state index >= 15 is 0 Å². The number of nitrogens with zero attached hydrogens (tertiary/aromatic N) is 5. The van der Waals surface area contributed by atoms with Crippen molar-refractivity contribution < 1.29 is 0 Å². The fourth-order valence-electron chi connectivity index (χ4n) is 2.15. The molecule has 0 aliphatic heterocycles. The lowest BCUT2D eigenvalue weighted by Gasteiger charge is -2.11. The summed E-state index contributed by atoms with van der Waals surface area (Å²) in [6, 6.07) is 21.4. The van der Waals surface area contributed by atoms with Gasteiger partial charge in [0.15, 0.2) is 0 Å². The Hall–Kier alpha value is -3.00. The SMILES string of the molecule is N#CCC(c1ccccc1)n1nnc(-c2ccccc2)n1. The molecule has 1 aromatic heterocycles. The first-order valence-electron chi connectivity index (χ1n) is 6.65. The van der Waals surface area contributed by atoms with Crippen LogP contribution in [0.1, 0.15) is 18.0 Å². The fraction of sp³-hybridized carbons (Fsp3) is 0.125. The first-order valence-corrected chi connectivity index (χ1v) is 6.65. The van der Waals surface area contributed by atoms with Crippen molar-refractivity contribution in [3.8, 4) is 17.5 Å². The summed E-state index contributed by atoms with van der Waals surface area (Å²) >= 11 is 0. The molecule has 102 valence electrons. The second kappa shape index (κ2) is 5.97. The lowest BCUT2D eigenvalue weighted by Crippen LogP contribution is -2.13. The zero-order chi connectivity index (χ0) is 14.5. The van der Waals surface area contributed by atoms with Gasteiger partial charge >= 0.3 is 0 Å². The van der Waals surface area contributed by atoms with E-state index in [4.69, 9.17) is 5.26 Å². The van der Waals surface area contributed by atoms with Crippen LogP contribution in [0.15, 0.2) is 60.7 Å². The number of benzene rings is 2. The molecule has 2 aromatic carbocycles. The number of hydrogen-bond acceptors (Lipinski definition) is 4. The van der Waals surface area contributed by atoms with E-state index in [1.807, 2.05) is 60.7 Å². The number of tetrazole rings is 1. The number of aromatic nitrogens is 4. The highest BCUT2D eigenvalue weighted by Crippen LogP contribution is 2.21. The van der Waals surface area contributed by atoms with Crippen LogP contribution in [0.4, 0.5) is 0 Å². The van der Waals surface area contributed by atoms with Crippen LogP contribution in [-0.2, 0) is 0 Å². The molecular formula is C16H13N5. The Morgan fingerprint density at radius 1 is 1.00 bits per heavy atom. The third kappa shape index (κ3) is 2.79. The first-order chi connectivity index (χ1) is 10.4. The predicted molar refractivity (Wildman–Crippen MR) is 78.1 cm³/mol. The molecule has 5 nitrogen and oxygen atoms in total. The quantitative estimate of drug-likeness (QED) is 0.734. The Morgan fingerprint density at radius 2 is 1.67 bits per heavy atom. The van der Waals surface area contributed by atoms with Crippen molar-refractivity contribution in [1.82, 2.24) is 20.2 Å². The minimum Gasteiger partial charge on any atom is -0.198 e. The molecule has 0 aliphatic carbocycles. The summed E-state index contributed by atoms with van der Waals surface area (Å²) in [4.78, 5) is 1.51. The predicted octanol–water partition coefficient (Wildman–Crippen LogP) is 2.84. The van der Waals surface area contributed by atoms with Crippen molar-refractivity contribution in [2.24, 2.45) is 0 Å². The Labute approximate surface area is 122 Å². The molecule has 3 rings (SSSR count). The lowest BCUT2D eigenvalue weighted by molar-refractivity contribution is 0.457. The highest BCUT2D eigenvalue weighted by Gasteiger charge is 2.17. The minimum atomic E-state index is -0.221. The van der Waals surface area contributed by atoms with Crippen LogP contribution in [0.5, 0.6) is 0 Å². The molecule has 0 N–H and O–H groups in total. The van der Waals surface area contributed by atoms with Crippen LogP contribution in [0.2, 0.25) is 0 Å². The van der Waals surface area contributed by atoms with Gasteiger partial charge in [0.05, 0.1) is 12.5 Å². The zero-order valence-electron chi connectivity index (χ0n) is 11.3. The molecule has 3 aromatic rings. The molecule has 0 saturated carbocycles. The van der Waals surface area contributed by atoms with Crippen molar-refractivity contribution in [1.29, 1.82) is 5.26 Å². The lowest BCUT2D eigenvalue weighted by atomic mass is 10.1. The smallest absolute Gasteiger partial charge is 0.198 e. The van der Waals surface area contributed by atoms with Gasteiger partial charge in [-0.25, -0.2) is 0 Å². The van der Waals surface area contributed by atoms with Gasteiger partial charge in [0, 0.05) is 5.56 Å². The summed E-state index contributed by atoms with van der Waals surface area (Å²) in [6.07, 6.45) is 0.300. The van der Waals surface area contributed by atoms with Gasteiger partial charge in [-0.15, -0.1) is 10.2 Å².